The van der Waals surface area contributed by atoms with Gasteiger partial charge < -0.3 is 29.7 Å². The van der Waals surface area contributed by atoms with E-state index in [1.807, 2.05) is 74.4 Å². The van der Waals surface area contributed by atoms with Gasteiger partial charge in [0.1, 0.15) is 22.8 Å². The van der Waals surface area contributed by atoms with E-state index < -0.39 is 5.78 Å². The van der Waals surface area contributed by atoms with Crippen LogP contribution in [-0.4, -0.2) is 58.6 Å². The summed E-state index contributed by atoms with van der Waals surface area (Å²) in [5, 5.41) is 23.8. The van der Waals surface area contributed by atoms with Crippen LogP contribution in [0.25, 0.3) is 28.1 Å². The molecule has 0 fully saturated rings. The van der Waals surface area contributed by atoms with Gasteiger partial charge in [0, 0.05) is 54.0 Å². The maximum atomic E-state index is 13.0. The van der Waals surface area contributed by atoms with Crippen molar-refractivity contribution in [2.45, 2.75) is 6.42 Å². The molecule has 1 amide bonds. The Morgan fingerprint density at radius 3 is 2.61 bits per heavy atom. The molecule has 194 valence electrons. The van der Waals surface area contributed by atoms with E-state index >= 15 is 0 Å². The molecule has 0 bridgehead atoms. The van der Waals surface area contributed by atoms with Crippen molar-refractivity contribution in [1.82, 2.24) is 14.8 Å². The smallest absolute Gasteiger partial charge is 0.251 e. The second kappa shape index (κ2) is 10.1. The van der Waals surface area contributed by atoms with E-state index in [1.165, 1.54) is 6.07 Å². The number of ether oxygens (including phenoxy) is 1. The van der Waals surface area contributed by atoms with Crippen LogP contribution in [0.1, 0.15) is 32.7 Å². The van der Waals surface area contributed by atoms with E-state index in [0.717, 1.165) is 46.6 Å². The van der Waals surface area contributed by atoms with Crippen molar-refractivity contribution in [3.63, 3.8) is 0 Å². The largest absolute Gasteiger partial charge is 0.508 e. The molecule has 0 radical (unpaired) electrons. The third-order valence-electron chi connectivity index (χ3n) is 6.59. The number of aromatic hydroxyl groups is 2. The van der Waals surface area contributed by atoms with Crippen molar-refractivity contribution in [3.8, 4) is 28.4 Å². The summed E-state index contributed by atoms with van der Waals surface area (Å²) in [6.07, 6.45) is 4.44. The molecule has 2 heterocycles. The van der Waals surface area contributed by atoms with Gasteiger partial charge in [-0.15, -0.1) is 0 Å². The first kappa shape index (κ1) is 25.1. The van der Waals surface area contributed by atoms with Crippen molar-refractivity contribution in [3.05, 3.63) is 83.2 Å². The number of rotatable bonds is 7. The molecule has 1 aromatic heterocycles. The minimum Gasteiger partial charge on any atom is -0.508 e. The molecule has 3 aromatic carbocycles. The van der Waals surface area contributed by atoms with Gasteiger partial charge in [0.25, 0.3) is 5.91 Å². The van der Waals surface area contributed by atoms with Crippen LogP contribution in [-0.2, 0) is 7.05 Å². The standard InChI is InChI=1S/C30H29N3O5/c1-32(2)13-5-12-31-30(37)19-10-8-18(9-11-19)22-6-4-7-23-27(22)20(17-33(23)3)14-26-29(36)28-24(35)15-21(34)16-25(28)38-26/h4,6-11,14-17,34-35H,5,12-13H2,1-3H3,(H,31,37). The number of benzene rings is 3. The first-order valence-corrected chi connectivity index (χ1v) is 12.3. The van der Waals surface area contributed by atoms with Crippen LogP contribution in [0.2, 0.25) is 0 Å². The average molecular weight is 512 g/mol. The van der Waals surface area contributed by atoms with Crippen LogP contribution < -0.4 is 10.1 Å². The Kier molecular flexibility index (Phi) is 6.65. The summed E-state index contributed by atoms with van der Waals surface area (Å²) in [6, 6.07) is 15.8. The van der Waals surface area contributed by atoms with E-state index in [1.54, 1.807) is 6.08 Å². The second-order valence-corrected chi connectivity index (χ2v) is 9.66. The number of allylic oxidation sites excluding steroid dienone is 1. The number of carbonyl (C=O) groups is 2. The van der Waals surface area contributed by atoms with Crippen molar-refractivity contribution in [2.75, 3.05) is 27.2 Å². The SMILES string of the molecule is CN(C)CCCNC(=O)c1ccc(-c2cccc3c2c(C=C2Oc4cc(O)cc(O)c4C2=O)cn3C)cc1. The topological polar surface area (TPSA) is 104 Å². The Bertz CT molecular complexity index is 1580. The van der Waals surface area contributed by atoms with Gasteiger partial charge in [0.15, 0.2) is 5.76 Å². The first-order valence-electron chi connectivity index (χ1n) is 12.3. The van der Waals surface area contributed by atoms with Crippen LogP contribution in [0.5, 0.6) is 17.2 Å². The first-order chi connectivity index (χ1) is 18.2. The number of nitrogens with zero attached hydrogens (tertiary/aromatic N) is 2. The van der Waals surface area contributed by atoms with Crippen LogP contribution in [0.3, 0.4) is 0 Å². The Hall–Kier alpha value is -4.56. The van der Waals surface area contributed by atoms with Gasteiger partial charge in [-0.1, -0.05) is 24.3 Å². The van der Waals surface area contributed by atoms with Gasteiger partial charge in [-0.25, -0.2) is 0 Å². The number of Topliss-reactive ketones (excluding diaryl/α,β-unsaturated/α-hetero) is 1. The molecule has 0 spiro atoms. The van der Waals surface area contributed by atoms with Crippen molar-refractivity contribution < 1.29 is 24.5 Å². The summed E-state index contributed by atoms with van der Waals surface area (Å²) in [7, 11) is 5.93. The lowest BCUT2D eigenvalue weighted by Gasteiger charge is -2.10. The fraction of sp³-hybridized carbons (Fsp3) is 0.200. The van der Waals surface area contributed by atoms with Gasteiger partial charge in [-0.05, 0) is 62.5 Å². The van der Waals surface area contributed by atoms with Gasteiger partial charge in [0.2, 0.25) is 5.78 Å². The maximum absolute atomic E-state index is 13.0. The molecule has 5 rings (SSSR count). The molecule has 38 heavy (non-hydrogen) atoms. The molecular formula is C30H29N3O5. The summed E-state index contributed by atoms with van der Waals surface area (Å²) in [5.41, 5.74) is 4.21. The van der Waals surface area contributed by atoms with Crippen molar-refractivity contribution in [2.24, 2.45) is 7.05 Å². The van der Waals surface area contributed by atoms with Crippen LogP contribution in [0.4, 0.5) is 0 Å². The minimum absolute atomic E-state index is 0.0325. The maximum Gasteiger partial charge on any atom is 0.251 e. The minimum atomic E-state index is -0.451. The average Bonchev–Trinajstić information content (AvgIpc) is 3.37. The number of ketones is 1. The molecule has 4 aromatic rings. The van der Waals surface area contributed by atoms with E-state index in [9.17, 15) is 19.8 Å². The molecule has 0 atom stereocenters. The molecule has 0 aliphatic carbocycles. The highest BCUT2D eigenvalue weighted by Gasteiger charge is 2.31. The number of phenolic OH excluding ortho intramolecular Hbond substituents is 2. The summed E-state index contributed by atoms with van der Waals surface area (Å²) in [6.45, 7) is 1.52. The Morgan fingerprint density at radius 2 is 1.87 bits per heavy atom. The molecule has 0 saturated heterocycles. The van der Waals surface area contributed by atoms with Gasteiger partial charge in [0.05, 0.1) is 0 Å². The van der Waals surface area contributed by atoms with Crippen LogP contribution in [0.15, 0.2) is 66.6 Å². The highest BCUT2D eigenvalue weighted by molar-refractivity contribution is 6.17. The van der Waals surface area contributed by atoms with Crippen LogP contribution in [0, 0.1) is 0 Å². The Morgan fingerprint density at radius 1 is 1.11 bits per heavy atom. The molecule has 8 nitrogen and oxygen atoms in total. The van der Waals surface area contributed by atoms with Crippen molar-refractivity contribution >= 4 is 28.7 Å². The Balaban J connectivity index is 1.46. The molecular weight excluding hydrogens is 482 g/mol. The number of fused-ring (bicyclic) bond motifs is 2. The lowest BCUT2D eigenvalue weighted by atomic mass is 9.97. The third kappa shape index (κ3) is 4.73. The number of amides is 1. The quantitative estimate of drug-likeness (QED) is 0.248. The predicted octanol–water partition coefficient (Wildman–Crippen LogP) is 4.55. The number of aryl methyl sites for hydroxylation is 1. The van der Waals surface area contributed by atoms with Crippen LogP contribution >= 0.6 is 0 Å². The fourth-order valence-corrected chi connectivity index (χ4v) is 4.75. The molecule has 8 heteroatoms. The van der Waals surface area contributed by atoms with E-state index in [2.05, 4.69) is 10.2 Å². The number of nitrogens with one attached hydrogen (secondary N) is 1. The second-order valence-electron chi connectivity index (χ2n) is 9.66. The zero-order chi connectivity index (χ0) is 27.0. The summed E-state index contributed by atoms with van der Waals surface area (Å²) >= 11 is 0. The predicted molar refractivity (Wildman–Crippen MR) is 147 cm³/mol. The number of phenols is 2. The zero-order valence-electron chi connectivity index (χ0n) is 21.5. The highest BCUT2D eigenvalue weighted by Crippen LogP contribution is 2.41. The molecule has 0 saturated carbocycles. The third-order valence-corrected chi connectivity index (χ3v) is 6.59. The normalized spacial score (nSPS) is 13.8. The van der Waals surface area contributed by atoms with Gasteiger partial charge in [-0.2, -0.15) is 0 Å². The molecule has 0 unspecified atom stereocenters. The Labute approximate surface area is 220 Å². The van der Waals surface area contributed by atoms with E-state index in [-0.39, 0.29) is 34.5 Å². The fourth-order valence-electron chi connectivity index (χ4n) is 4.75. The van der Waals surface area contributed by atoms with Gasteiger partial charge in [-0.3, -0.25) is 9.59 Å². The monoisotopic (exact) mass is 511 g/mol. The number of carbonyl (C=O) groups excluding carboxylic acids is 2. The lowest BCUT2D eigenvalue weighted by molar-refractivity contribution is 0.0951. The molecule has 1 aliphatic heterocycles. The summed E-state index contributed by atoms with van der Waals surface area (Å²) < 4.78 is 7.69. The number of aromatic nitrogens is 1. The van der Waals surface area contributed by atoms with Crippen molar-refractivity contribution in [1.29, 1.82) is 0 Å². The van der Waals surface area contributed by atoms with E-state index in [4.69, 9.17) is 4.74 Å². The van der Waals surface area contributed by atoms with Gasteiger partial charge >= 0.3 is 0 Å². The number of hydrogen-bond acceptors (Lipinski definition) is 6. The molecule has 3 N–H and O–H groups in total. The highest BCUT2D eigenvalue weighted by atomic mass is 16.5. The molecule has 1 aliphatic rings. The zero-order valence-corrected chi connectivity index (χ0v) is 21.5. The summed E-state index contributed by atoms with van der Waals surface area (Å²) in [5.74, 6) is -0.890. The number of hydrogen-bond donors (Lipinski definition) is 3. The lowest BCUT2D eigenvalue weighted by Crippen LogP contribution is -2.27. The van der Waals surface area contributed by atoms with E-state index in [0.29, 0.717) is 12.1 Å². The summed E-state index contributed by atoms with van der Waals surface area (Å²) in [4.78, 5) is 27.6.